The van der Waals surface area contributed by atoms with E-state index in [1.54, 1.807) is 6.26 Å². The summed E-state index contributed by atoms with van der Waals surface area (Å²) in [5.74, 6) is 0. The summed E-state index contributed by atoms with van der Waals surface area (Å²) in [7, 11) is 0. The first-order valence-corrected chi connectivity index (χ1v) is 4.38. The van der Waals surface area contributed by atoms with Crippen molar-refractivity contribution in [3.63, 3.8) is 0 Å². The first kappa shape index (κ1) is 9.82. The highest BCUT2D eigenvalue weighted by Crippen LogP contribution is 2.20. The summed E-state index contributed by atoms with van der Waals surface area (Å²) < 4.78 is 0.565. The van der Waals surface area contributed by atoms with Crippen LogP contribution in [-0.2, 0) is 0 Å². The highest BCUT2D eigenvalue weighted by Gasteiger charge is 2.03. The topological polar surface area (TPSA) is 49.8 Å². The molecule has 0 saturated carbocycles. The van der Waals surface area contributed by atoms with Crippen LogP contribution in [0, 0.1) is 11.3 Å². The van der Waals surface area contributed by atoms with E-state index in [2.05, 4.69) is 24.8 Å². The van der Waals surface area contributed by atoms with Gasteiger partial charge in [-0.15, -0.1) is 24.4 Å². The molecule has 5 heteroatoms. The molecule has 2 nitrogen and oxygen atoms in total. The van der Waals surface area contributed by atoms with Gasteiger partial charge in [0.1, 0.15) is 16.6 Å². The lowest BCUT2D eigenvalue weighted by Gasteiger charge is -1.96. The summed E-state index contributed by atoms with van der Waals surface area (Å²) in [5, 5.41) is 8.46. The van der Waals surface area contributed by atoms with Crippen molar-refractivity contribution in [3.05, 3.63) is 9.81 Å². The maximum atomic E-state index is 8.46. The Morgan fingerprint density at radius 2 is 2.30 bits per heavy atom. The largest absolute Gasteiger partial charge is 0.389 e. The molecule has 0 unspecified atom stereocenters. The van der Waals surface area contributed by atoms with E-state index in [4.69, 9.17) is 11.0 Å². The van der Waals surface area contributed by atoms with Gasteiger partial charge in [0, 0.05) is 0 Å². The molecule has 0 atom stereocenters. The summed E-state index contributed by atoms with van der Waals surface area (Å²) in [5.41, 5.74) is 5.50. The first-order valence-electron chi connectivity index (χ1n) is 2.30. The SMILES string of the molecule is CSC(S)=C(C#N)C(N)=S. The number of hydrogen-bond donors (Lipinski definition) is 2. The van der Waals surface area contributed by atoms with E-state index < -0.39 is 0 Å². The van der Waals surface area contributed by atoms with Crippen LogP contribution in [0.1, 0.15) is 0 Å². The summed E-state index contributed by atoms with van der Waals surface area (Å²) in [4.78, 5) is 0.0989. The Morgan fingerprint density at radius 1 is 1.80 bits per heavy atom. The fourth-order valence-corrected chi connectivity index (χ4v) is 1.13. The molecular weight excluding hydrogens is 184 g/mol. The maximum absolute atomic E-state index is 8.46. The van der Waals surface area contributed by atoms with E-state index in [-0.39, 0.29) is 10.6 Å². The summed E-state index contributed by atoms with van der Waals surface area (Å²) >= 11 is 9.93. The van der Waals surface area contributed by atoms with Crippen molar-refractivity contribution in [1.29, 1.82) is 5.26 Å². The highest BCUT2D eigenvalue weighted by atomic mass is 32.2. The van der Waals surface area contributed by atoms with Crippen LogP contribution in [0.15, 0.2) is 9.81 Å². The monoisotopic (exact) mass is 190 g/mol. The van der Waals surface area contributed by atoms with Crippen molar-refractivity contribution in [1.82, 2.24) is 0 Å². The molecule has 0 aliphatic heterocycles. The number of hydrogen-bond acceptors (Lipinski definition) is 4. The van der Waals surface area contributed by atoms with Crippen LogP contribution in [0.2, 0.25) is 0 Å². The molecule has 0 aromatic heterocycles. The van der Waals surface area contributed by atoms with E-state index in [1.807, 2.05) is 6.07 Å². The summed E-state index contributed by atoms with van der Waals surface area (Å²) in [6.07, 6.45) is 1.80. The van der Waals surface area contributed by atoms with Crippen molar-refractivity contribution in [2.45, 2.75) is 0 Å². The fraction of sp³-hybridized carbons (Fsp3) is 0.200. The molecule has 54 valence electrons. The second-order valence-corrected chi connectivity index (χ2v) is 3.37. The number of thiocarbonyl (C=S) groups is 1. The van der Waals surface area contributed by atoms with Gasteiger partial charge in [-0.25, -0.2) is 0 Å². The zero-order chi connectivity index (χ0) is 8.15. The van der Waals surface area contributed by atoms with Gasteiger partial charge in [0.05, 0.1) is 4.24 Å². The van der Waals surface area contributed by atoms with Crippen molar-refractivity contribution in [2.24, 2.45) is 5.73 Å². The Labute approximate surface area is 74.9 Å². The van der Waals surface area contributed by atoms with Gasteiger partial charge in [-0.05, 0) is 6.26 Å². The van der Waals surface area contributed by atoms with Gasteiger partial charge in [0.2, 0.25) is 0 Å². The molecule has 0 rings (SSSR count). The predicted molar refractivity (Wildman–Crippen MR) is 51.9 cm³/mol. The van der Waals surface area contributed by atoms with Gasteiger partial charge < -0.3 is 5.73 Å². The molecule has 2 N–H and O–H groups in total. The zero-order valence-corrected chi connectivity index (χ0v) is 7.82. The van der Waals surface area contributed by atoms with Crippen molar-refractivity contribution in [3.8, 4) is 6.07 Å². The summed E-state index contributed by atoms with van der Waals surface area (Å²) in [6, 6.07) is 1.87. The fourth-order valence-electron chi connectivity index (χ4n) is 0.310. The van der Waals surface area contributed by atoms with Gasteiger partial charge >= 0.3 is 0 Å². The van der Waals surface area contributed by atoms with Crippen LogP contribution in [-0.4, -0.2) is 11.2 Å². The molecule has 0 aromatic carbocycles. The van der Waals surface area contributed by atoms with Crippen molar-refractivity contribution in [2.75, 3.05) is 6.26 Å². The van der Waals surface area contributed by atoms with Gasteiger partial charge in [-0.3, -0.25) is 0 Å². The second-order valence-electron chi connectivity index (χ2n) is 1.36. The van der Waals surface area contributed by atoms with Crippen molar-refractivity contribution < 1.29 is 0 Å². The Kier molecular flexibility index (Phi) is 4.52. The Morgan fingerprint density at radius 3 is 2.40 bits per heavy atom. The first-order chi connectivity index (χ1) is 4.63. The average Bonchev–Trinajstić information content (AvgIpc) is 1.88. The molecule has 0 aliphatic rings. The molecule has 0 amide bonds. The summed E-state index contributed by atoms with van der Waals surface area (Å²) in [6.45, 7) is 0. The van der Waals surface area contributed by atoms with Crippen LogP contribution in [0.4, 0.5) is 0 Å². The average molecular weight is 190 g/mol. The lowest BCUT2D eigenvalue weighted by molar-refractivity contribution is 1.51. The Bertz CT molecular complexity index is 213. The number of nitrogens with two attached hydrogens (primary N) is 1. The minimum Gasteiger partial charge on any atom is -0.389 e. The minimum atomic E-state index is 0.0989. The third kappa shape index (κ3) is 2.60. The van der Waals surface area contributed by atoms with Crippen LogP contribution in [0.25, 0.3) is 0 Å². The van der Waals surface area contributed by atoms with Gasteiger partial charge in [0.15, 0.2) is 0 Å². The third-order valence-electron chi connectivity index (χ3n) is 0.765. The zero-order valence-electron chi connectivity index (χ0n) is 5.29. The maximum Gasteiger partial charge on any atom is 0.116 e. The number of thioether (sulfide) groups is 1. The molecule has 10 heavy (non-hydrogen) atoms. The van der Waals surface area contributed by atoms with E-state index >= 15 is 0 Å². The lowest BCUT2D eigenvalue weighted by Crippen LogP contribution is -2.10. The van der Waals surface area contributed by atoms with E-state index in [0.29, 0.717) is 4.24 Å². The van der Waals surface area contributed by atoms with Crippen LogP contribution in [0.5, 0.6) is 0 Å². The van der Waals surface area contributed by atoms with Crippen LogP contribution >= 0.6 is 36.6 Å². The van der Waals surface area contributed by atoms with Crippen LogP contribution in [0.3, 0.4) is 0 Å². The van der Waals surface area contributed by atoms with Gasteiger partial charge in [-0.1, -0.05) is 12.2 Å². The minimum absolute atomic E-state index is 0.0989. The van der Waals surface area contributed by atoms with Gasteiger partial charge in [-0.2, -0.15) is 5.26 Å². The molecular formula is C5H6N2S3. The number of thiol groups is 1. The molecule has 0 spiro atoms. The smallest absolute Gasteiger partial charge is 0.116 e. The number of nitrogens with zero attached hydrogens (tertiary/aromatic N) is 1. The van der Waals surface area contributed by atoms with Crippen LogP contribution < -0.4 is 5.73 Å². The number of nitriles is 1. The highest BCUT2D eigenvalue weighted by molar-refractivity contribution is 8.15. The Balaban J connectivity index is 4.68. The Hall–Kier alpha value is -0.180. The van der Waals surface area contributed by atoms with E-state index in [1.165, 1.54) is 11.8 Å². The predicted octanol–water partition coefficient (Wildman–Crippen LogP) is 1.30. The normalized spacial score (nSPS) is 11.7. The number of rotatable bonds is 2. The molecule has 0 radical (unpaired) electrons. The molecule has 0 fully saturated rings. The third-order valence-corrected chi connectivity index (χ3v) is 2.33. The molecule has 0 aliphatic carbocycles. The molecule has 0 bridgehead atoms. The standard InChI is InChI=1S/C5H6N2S3/c1-10-5(9)3(2-6)4(7)8/h9H,1H3,(H2,7,8). The molecule has 0 saturated heterocycles. The second kappa shape index (κ2) is 4.61. The van der Waals surface area contributed by atoms with Crippen molar-refractivity contribution >= 4 is 41.6 Å². The van der Waals surface area contributed by atoms with Gasteiger partial charge in [0.25, 0.3) is 0 Å². The van der Waals surface area contributed by atoms with E-state index in [0.717, 1.165) is 0 Å². The lowest BCUT2D eigenvalue weighted by atomic mass is 10.3. The molecule has 0 heterocycles. The van der Waals surface area contributed by atoms with E-state index in [9.17, 15) is 0 Å². The quantitative estimate of drug-likeness (QED) is 0.298. The molecule has 0 aromatic rings.